The molecule has 2 N–H and O–H groups in total. The van der Waals surface area contributed by atoms with Gasteiger partial charge in [0.15, 0.2) is 0 Å². The van der Waals surface area contributed by atoms with Crippen LogP contribution in [0.15, 0.2) is 35.9 Å². The standard InChI is InChI=1S/C15H16N6O3.C2H6/c1-9(2)12-13(10-5-17-21(6-10)7-11(22)23)18-15(19-14(12)24)20-4-3-16-8-20;1-2/h3-6,8-9H,7H2,1-2H3,(H,22,23)(H,18,19,24);1-2H3. The molecule has 3 aromatic rings. The number of nitrogens with one attached hydrogen (secondary N) is 1. The lowest BCUT2D eigenvalue weighted by molar-refractivity contribution is -0.137. The summed E-state index contributed by atoms with van der Waals surface area (Å²) in [7, 11) is 0. The second-order valence-corrected chi connectivity index (χ2v) is 5.60. The van der Waals surface area contributed by atoms with Crippen LogP contribution >= 0.6 is 0 Å². The molecule has 0 aliphatic carbocycles. The first-order chi connectivity index (χ1) is 12.5. The highest BCUT2D eigenvalue weighted by molar-refractivity contribution is 5.67. The fourth-order valence-corrected chi connectivity index (χ4v) is 2.44. The number of hydrogen-bond acceptors (Lipinski definition) is 5. The molecule has 138 valence electrons. The highest BCUT2D eigenvalue weighted by Gasteiger charge is 2.18. The van der Waals surface area contributed by atoms with Gasteiger partial charge in [0.2, 0.25) is 5.95 Å². The molecule has 0 saturated heterocycles. The molecule has 0 radical (unpaired) electrons. The van der Waals surface area contributed by atoms with Gasteiger partial charge in [0, 0.05) is 29.7 Å². The summed E-state index contributed by atoms with van der Waals surface area (Å²) in [6, 6.07) is 0. The highest BCUT2D eigenvalue weighted by atomic mass is 16.4. The van der Waals surface area contributed by atoms with Crippen LogP contribution in [-0.4, -0.2) is 40.4 Å². The highest BCUT2D eigenvalue weighted by Crippen LogP contribution is 2.24. The Morgan fingerprint density at radius 3 is 2.65 bits per heavy atom. The van der Waals surface area contributed by atoms with E-state index in [1.807, 2.05) is 27.7 Å². The van der Waals surface area contributed by atoms with E-state index in [2.05, 4.69) is 20.1 Å². The Labute approximate surface area is 150 Å². The number of nitrogens with zero attached hydrogens (tertiary/aromatic N) is 5. The second-order valence-electron chi connectivity index (χ2n) is 5.60. The van der Waals surface area contributed by atoms with Gasteiger partial charge in [0.05, 0.1) is 11.9 Å². The number of carboxylic acid groups (broad SMARTS) is 1. The van der Waals surface area contributed by atoms with Gasteiger partial charge in [-0.1, -0.05) is 27.7 Å². The largest absolute Gasteiger partial charge is 0.480 e. The number of carbonyl (C=O) groups is 1. The molecule has 3 aromatic heterocycles. The SMILES string of the molecule is CC.CC(C)c1c(-c2cnn(CC(=O)O)c2)nc(-n2ccnc2)[nH]c1=O. The maximum atomic E-state index is 12.5. The van der Waals surface area contributed by atoms with Gasteiger partial charge in [-0.2, -0.15) is 5.10 Å². The number of H-pyrrole nitrogens is 1. The van der Waals surface area contributed by atoms with Crippen molar-refractivity contribution in [3.05, 3.63) is 47.0 Å². The van der Waals surface area contributed by atoms with Crippen LogP contribution in [-0.2, 0) is 11.3 Å². The predicted octanol–water partition coefficient (Wildman–Crippen LogP) is 2.05. The van der Waals surface area contributed by atoms with Crippen LogP contribution in [0.2, 0.25) is 0 Å². The van der Waals surface area contributed by atoms with Crippen LogP contribution in [0.25, 0.3) is 17.2 Å². The summed E-state index contributed by atoms with van der Waals surface area (Å²) in [5.41, 5.74) is 1.35. The van der Waals surface area contributed by atoms with Gasteiger partial charge in [-0.15, -0.1) is 0 Å². The van der Waals surface area contributed by atoms with Crippen molar-refractivity contribution >= 4 is 5.97 Å². The maximum absolute atomic E-state index is 12.5. The second kappa shape index (κ2) is 8.24. The molecule has 0 bridgehead atoms. The third-order valence-electron chi connectivity index (χ3n) is 3.47. The van der Waals surface area contributed by atoms with E-state index in [-0.39, 0.29) is 18.0 Å². The van der Waals surface area contributed by atoms with Crippen molar-refractivity contribution < 1.29 is 9.90 Å². The monoisotopic (exact) mass is 358 g/mol. The average molecular weight is 358 g/mol. The van der Waals surface area contributed by atoms with Crippen molar-refractivity contribution in [2.24, 2.45) is 0 Å². The molecular weight excluding hydrogens is 336 g/mol. The van der Waals surface area contributed by atoms with Gasteiger partial charge in [-0.05, 0) is 5.92 Å². The molecule has 3 heterocycles. The molecular formula is C17H22N6O3. The van der Waals surface area contributed by atoms with E-state index in [1.165, 1.54) is 17.2 Å². The Morgan fingerprint density at radius 1 is 1.35 bits per heavy atom. The first-order valence-electron chi connectivity index (χ1n) is 8.33. The summed E-state index contributed by atoms with van der Waals surface area (Å²) in [5, 5.41) is 12.9. The third kappa shape index (κ3) is 4.05. The molecule has 0 amide bonds. The zero-order chi connectivity index (χ0) is 19.3. The smallest absolute Gasteiger partial charge is 0.325 e. The Kier molecular flexibility index (Phi) is 6.05. The molecule has 3 rings (SSSR count). The topological polar surface area (TPSA) is 119 Å². The average Bonchev–Trinajstić information content (AvgIpc) is 3.26. The minimum Gasteiger partial charge on any atom is -0.480 e. The number of rotatable bonds is 5. The number of hydrogen-bond donors (Lipinski definition) is 2. The van der Waals surface area contributed by atoms with Crippen molar-refractivity contribution in [1.29, 1.82) is 0 Å². The van der Waals surface area contributed by atoms with Crippen LogP contribution in [0.1, 0.15) is 39.2 Å². The van der Waals surface area contributed by atoms with Crippen molar-refractivity contribution in [3.8, 4) is 17.2 Å². The number of carboxylic acids is 1. The maximum Gasteiger partial charge on any atom is 0.325 e. The number of aromatic nitrogens is 6. The van der Waals surface area contributed by atoms with Gasteiger partial charge in [0.1, 0.15) is 12.9 Å². The third-order valence-corrected chi connectivity index (χ3v) is 3.47. The molecule has 0 spiro atoms. The van der Waals surface area contributed by atoms with E-state index in [9.17, 15) is 9.59 Å². The lowest BCUT2D eigenvalue weighted by atomic mass is 10.0. The summed E-state index contributed by atoms with van der Waals surface area (Å²) in [5.74, 6) is -0.717. The zero-order valence-electron chi connectivity index (χ0n) is 15.2. The van der Waals surface area contributed by atoms with Crippen LogP contribution < -0.4 is 5.56 Å². The summed E-state index contributed by atoms with van der Waals surface area (Å²) in [6.07, 6.45) is 7.87. The zero-order valence-corrected chi connectivity index (χ0v) is 15.2. The first-order valence-corrected chi connectivity index (χ1v) is 8.33. The molecule has 9 heteroatoms. The van der Waals surface area contributed by atoms with Gasteiger partial charge in [0.25, 0.3) is 5.56 Å². The number of aliphatic carboxylic acids is 1. The van der Waals surface area contributed by atoms with E-state index < -0.39 is 5.97 Å². The van der Waals surface area contributed by atoms with Crippen LogP contribution in [0.3, 0.4) is 0 Å². The molecule has 0 aliphatic rings. The van der Waals surface area contributed by atoms with E-state index in [1.54, 1.807) is 23.2 Å². The lowest BCUT2D eigenvalue weighted by Crippen LogP contribution is -2.20. The van der Waals surface area contributed by atoms with Crippen LogP contribution in [0.4, 0.5) is 0 Å². The summed E-state index contributed by atoms with van der Waals surface area (Å²) in [6.45, 7) is 7.54. The normalized spacial score (nSPS) is 10.5. The summed E-state index contributed by atoms with van der Waals surface area (Å²) in [4.78, 5) is 34.5. The predicted molar refractivity (Wildman–Crippen MR) is 96.3 cm³/mol. The van der Waals surface area contributed by atoms with Gasteiger partial charge in [-0.25, -0.2) is 9.97 Å². The van der Waals surface area contributed by atoms with Crippen LogP contribution in [0.5, 0.6) is 0 Å². The Bertz CT molecular complexity index is 924. The number of imidazole rings is 1. The minimum absolute atomic E-state index is 0.0593. The van der Waals surface area contributed by atoms with Crippen molar-refractivity contribution in [2.75, 3.05) is 0 Å². The number of aromatic amines is 1. The van der Waals surface area contributed by atoms with Gasteiger partial charge >= 0.3 is 5.97 Å². The quantitative estimate of drug-likeness (QED) is 0.720. The Balaban J connectivity index is 0.00000117. The fraction of sp³-hybridized carbons (Fsp3) is 0.353. The molecule has 0 unspecified atom stereocenters. The molecule has 0 saturated carbocycles. The van der Waals surface area contributed by atoms with E-state index in [4.69, 9.17) is 5.11 Å². The Hall–Kier alpha value is -3.23. The molecule has 0 atom stereocenters. The molecule has 9 nitrogen and oxygen atoms in total. The summed E-state index contributed by atoms with van der Waals surface area (Å²) >= 11 is 0. The summed E-state index contributed by atoms with van der Waals surface area (Å²) < 4.78 is 2.89. The van der Waals surface area contributed by atoms with Crippen molar-refractivity contribution in [3.63, 3.8) is 0 Å². The van der Waals surface area contributed by atoms with Crippen molar-refractivity contribution in [1.82, 2.24) is 29.3 Å². The Morgan fingerprint density at radius 2 is 2.08 bits per heavy atom. The molecule has 26 heavy (non-hydrogen) atoms. The molecule has 0 aliphatic heterocycles. The first kappa shape index (κ1) is 19.1. The van der Waals surface area contributed by atoms with Crippen molar-refractivity contribution in [2.45, 2.75) is 40.2 Å². The van der Waals surface area contributed by atoms with E-state index >= 15 is 0 Å². The van der Waals surface area contributed by atoms with Crippen LogP contribution in [0, 0.1) is 0 Å². The molecule has 0 aromatic carbocycles. The molecule has 0 fully saturated rings. The van der Waals surface area contributed by atoms with Gasteiger partial charge in [-0.3, -0.25) is 23.8 Å². The van der Waals surface area contributed by atoms with E-state index in [0.29, 0.717) is 22.8 Å². The van der Waals surface area contributed by atoms with Gasteiger partial charge < -0.3 is 5.11 Å². The fourth-order valence-electron chi connectivity index (χ4n) is 2.44. The lowest BCUT2D eigenvalue weighted by Gasteiger charge is -2.11. The van der Waals surface area contributed by atoms with E-state index in [0.717, 1.165) is 0 Å². The minimum atomic E-state index is -0.994.